The maximum absolute atomic E-state index is 13.3. The first-order valence-corrected chi connectivity index (χ1v) is 11.9. The van der Waals surface area contributed by atoms with Crippen LogP contribution in [0.4, 0.5) is 18.3 Å². The monoisotopic (exact) mass is 467 g/mol. The molecule has 10 heteroatoms. The molecule has 2 heterocycles. The third kappa shape index (κ3) is 4.32. The predicted molar refractivity (Wildman–Crippen MR) is 115 cm³/mol. The Morgan fingerprint density at radius 1 is 0.968 bits per heavy atom. The number of piperazine rings is 1. The van der Waals surface area contributed by atoms with Gasteiger partial charge in [-0.2, -0.15) is 17.5 Å². The number of benzene rings is 2. The van der Waals surface area contributed by atoms with E-state index in [1.54, 1.807) is 0 Å². The van der Waals surface area contributed by atoms with E-state index in [9.17, 15) is 21.6 Å². The number of hydrogen-bond donors (Lipinski definition) is 0. The van der Waals surface area contributed by atoms with Gasteiger partial charge in [0, 0.05) is 37.1 Å². The molecule has 4 rings (SSSR count). The summed E-state index contributed by atoms with van der Waals surface area (Å²) in [5, 5.41) is 2.73. The number of rotatable bonds is 4. The van der Waals surface area contributed by atoms with Crippen molar-refractivity contribution in [1.82, 2.24) is 9.29 Å². The number of alkyl halides is 3. The van der Waals surface area contributed by atoms with Crippen molar-refractivity contribution in [1.29, 1.82) is 0 Å². The van der Waals surface area contributed by atoms with Crippen LogP contribution in [0.3, 0.4) is 0 Å². The van der Waals surface area contributed by atoms with E-state index in [4.69, 9.17) is 0 Å². The molecule has 5 nitrogen and oxygen atoms in total. The molecule has 2 aromatic carbocycles. The van der Waals surface area contributed by atoms with Crippen LogP contribution in [0.25, 0.3) is 11.3 Å². The van der Waals surface area contributed by atoms with Crippen LogP contribution in [0.1, 0.15) is 11.1 Å². The molecular formula is C21H20F3N3O2S2. The van der Waals surface area contributed by atoms with E-state index in [0.717, 1.165) is 38.4 Å². The van der Waals surface area contributed by atoms with Crippen LogP contribution in [0.5, 0.6) is 0 Å². The molecule has 164 valence electrons. The van der Waals surface area contributed by atoms with Gasteiger partial charge in [0.1, 0.15) is 0 Å². The van der Waals surface area contributed by atoms with Crippen molar-refractivity contribution in [2.24, 2.45) is 0 Å². The maximum Gasteiger partial charge on any atom is 0.417 e. The standard InChI is InChI=1S/C21H20F3N3O2S2/c1-15-6-2-3-7-16(15)18-14-30-20(25-18)26-10-12-27(13-11-26)31(28,29)19-9-5-4-8-17(19)21(22,23)24/h2-9,14H,10-13H2,1H3. The summed E-state index contributed by atoms with van der Waals surface area (Å²) in [4.78, 5) is 5.95. The third-order valence-electron chi connectivity index (χ3n) is 5.23. The smallest absolute Gasteiger partial charge is 0.345 e. The summed E-state index contributed by atoms with van der Waals surface area (Å²) in [6, 6.07) is 12.2. The summed E-state index contributed by atoms with van der Waals surface area (Å²) in [6.45, 7) is 2.90. The Morgan fingerprint density at radius 3 is 2.29 bits per heavy atom. The van der Waals surface area contributed by atoms with E-state index >= 15 is 0 Å². The Morgan fingerprint density at radius 2 is 1.61 bits per heavy atom. The average Bonchev–Trinajstić information content (AvgIpc) is 3.23. The van der Waals surface area contributed by atoms with E-state index < -0.39 is 26.7 Å². The number of aryl methyl sites for hydroxylation is 1. The lowest BCUT2D eigenvalue weighted by Crippen LogP contribution is -2.48. The molecule has 1 fully saturated rings. The fourth-order valence-electron chi connectivity index (χ4n) is 3.58. The van der Waals surface area contributed by atoms with Gasteiger partial charge in [-0.25, -0.2) is 13.4 Å². The Labute approximate surface area is 182 Å². The zero-order valence-corrected chi connectivity index (χ0v) is 18.3. The van der Waals surface area contributed by atoms with Gasteiger partial charge in [0.2, 0.25) is 10.0 Å². The number of hydrogen-bond acceptors (Lipinski definition) is 5. The first-order chi connectivity index (χ1) is 14.7. The number of thiazole rings is 1. The van der Waals surface area contributed by atoms with Gasteiger partial charge in [0.25, 0.3) is 0 Å². The summed E-state index contributed by atoms with van der Waals surface area (Å²) < 4.78 is 66.9. The average molecular weight is 468 g/mol. The van der Waals surface area contributed by atoms with E-state index in [1.165, 1.54) is 23.5 Å². The van der Waals surface area contributed by atoms with Crippen molar-refractivity contribution >= 4 is 26.5 Å². The molecule has 31 heavy (non-hydrogen) atoms. The van der Waals surface area contributed by atoms with Gasteiger partial charge in [0.15, 0.2) is 5.13 Å². The van der Waals surface area contributed by atoms with Gasteiger partial charge < -0.3 is 4.90 Å². The van der Waals surface area contributed by atoms with Crippen molar-refractivity contribution in [3.8, 4) is 11.3 Å². The van der Waals surface area contributed by atoms with Gasteiger partial charge >= 0.3 is 6.18 Å². The molecule has 1 aromatic heterocycles. The summed E-state index contributed by atoms with van der Waals surface area (Å²) in [7, 11) is -4.26. The Hall–Kier alpha value is -2.43. The van der Waals surface area contributed by atoms with Gasteiger partial charge in [-0.15, -0.1) is 11.3 Å². The van der Waals surface area contributed by atoms with Gasteiger partial charge in [-0.05, 0) is 24.6 Å². The fraction of sp³-hybridized carbons (Fsp3) is 0.286. The summed E-state index contributed by atoms with van der Waals surface area (Å²) in [6.07, 6.45) is -4.74. The summed E-state index contributed by atoms with van der Waals surface area (Å²) >= 11 is 1.47. The largest absolute Gasteiger partial charge is 0.417 e. The minimum Gasteiger partial charge on any atom is -0.345 e. The van der Waals surface area contributed by atoms with Crippen LogP contribution in [0, 0.1) is 6.92 Å². The number of halogens is 3. The molecule has 0 N–H and O–H groups in total. The molecule has 0 saturated carbocycles. The van der Waals surface area contributed by atoms with Crippen LogP contribution in [0.2, 0.25) is 0 Å². The molecule has 0 spiro atoms. The van der Waals surface area contributed by atoms with Crippen molar-refractivity contribution in [2.75, 3.05) is 31.1 Å². The molecule has 3 aromatic rings. The first kappa shape index (κ1) is 21.8. The van der Waals surface area contributed by atoms with Crippen LogP contribution in [-0.4, -0.2) is 43.9 Å². The van der Waals surface area contributed by atoms with E-state index in [-0.39, 0.29) is 13.1 Å². The first-order valence-electron chi connectivity index (χ1n) is 9.61. The molecule has 0 bridgehead atoms. The van der Waals surface area contributed by atoms with Gasteiger partial charge in [-0.3, -0.25) is 0 Å². The maximum atomic E-state index is 13.3. The highest BCUT2D eigenvalue weighted by Crippen LogP contribution is 2.36. The molecule has 1 saturated heterocycles. The van der Waals surface area contributed by atoms with Gasteiger partial charge in [0.05, 0.1) is 16.2 Å². The topological polar surface area (TPSA) is 53.5 Å². The van der Waals surface area contributed by atoms with Crippen molar-refractivity contribution in [3.05, 3.63) is 65.0 Å². The van der Waals surface area contributed by atoms with E-state index in [0.29, 0.717) is 13.1 Å². The lowest BCUT2D eigenvalue weighted by Gasteiger charge is -2.34. The highest BCUT2D eigenvalue weighted by Gasteiger charge is 2.39. The molecule has 0 unspecified atom stereocenters. The summed E-state index contributed by atoms with van der Waals surface area (Å²) in [5.41, 5.74) is 1.86. The minimum absolute atomic E-state index is 0.0911. The van der Waals surface area contributed by atoms with E-state index in [1.807, 2.05) is 41.5 Å². The highest BCUT2D eigenvalue weighted by molar-refractivity contribution is 7.89. The van der Waals surface area contributed by atoms with Crippen LogP contribution < -0.4 is 4.90 Å². The predicted octanol–water partition coefficient (Wildman–Crippen LogP) is 4.65. The fourth-order valence-corrected chi connectivity index (χ4v) is 6.09. The second-order valence-electron chi connectivity index (χ2n) is 7.22. The molecule has 0 radical (unpaired) electrons. The summed E-state index contributed by atoms with van der Waals surface area (Å²) in [5.74, 6) is 0. The van der Waals surface area contributed by atoms with Crippen LogP contribution in [-0.2, 0) is 16.2 Å². The van der Waals surface area contributed by atoms with Crippen molar-refractivity contribution in [3.63, 3.8) is 0 Å². The lowest BCUT2D eigenvalue weighted by molar-refractivity contribution is -0.139. The molecule has 0 amide bonds. The second kappa shape index (κ2) is 8.25. The number of nitrogens with zero attached hydrogens (tertiary/aromatic N) is 3. The van der Waals surface area contributed by atoms with Crippen molar-refractivity contribution in [2.45, 2.75) is 18.0 Å². The second-order valence-corrected chi connectivity index (χ2v) is 9.96. The Kier molecular flexibility index (Phi) is 5.80. The number of anilines is 1. The minimum atomic E-state index is -4.74. The van der Waals surface area contributed by atoms with Crippen LogP contribution in [0.15, 0.2) is 58.8 Å². The normalized spacial score (nSPS) is 15.9. The quantitative estimate of drug-likeness (QED) is 0.561. The Balaban J connectivity index is 1.50. The molecule has 1 aliphatic heterocycles. The zero-order chi connectivity index (χ0) is 22.2. The highest BCUT2D eigenvalue weighted by atomic mass is 32.2. The molecule has 1 aliphatic rings. The van der Waals surface area contributed by atoms with E-state index in [2.05, 4.69) is 4.98 Å². The molecule has 0 aliphatic carbocycles. The SMILES string of the molecule is Cc1ccccc1-c1csc(N2CCN(S(=O)(=O)c3ccccc3C(F)(F)F)CC2)n1. The van der Waals surface area contributed by atoms with Crippen molar-refractivity contribution < 1.29 is 21.6 Å². The molecule has 0 atom stereocenters. The molecular weight excluding hydrogens is 447 g/mol. The zero-order valence-electron chi connectivity index (χ0n) is 16.6. The van der Waals surface area contributed by atoms with Crippen LogP contribution >= 0.6 is 11.3 Å². The number of aromatic nitrogens is 1. The Bertz CT molecular complexity index is 1180. The lowest BCUT2D eigenvalue weighted by atomic mass is 10.1. The third-order valence-corrected chi connectivity index (χ3v) is 8.09. The van der Waals surface area contributed by atoms with Gasteiger partial charge in [-0.1, -0.05) is 36.4 Å². The number of sulfonamides is 1.